The lowest BCUT2D eigenvalue weighted by atomic mass is 10.1. The molecule has 0 aliphatic heterocycles. The molecule has 2 aromatic heterocycles. The zero-order chi connectivity index (χ0) is 66.3. The molecule has 8 aromatic carbocycles. The summed E-state index contributed by atoms with van der Waals surface area (Å²) in [5.74, 6) is -1.10. The Balaban J connectivity index is 0.795. The van der Waals surface area contributed by atoms with E-state index in [1.54, 1.807) is 0 Å². The van der Waals surface area contributed by atoms with Gasteiger partial charge in [0.15, 0.2) is 0 Å². The van der Waals surface area contributed by atoms with Crippen LogP contribution in [0.15, 0.2) is 195 Å². The second kappa shape index (κ2) is 24.7. The first-order valence-electron chi connectivity index (χ1n) is 25.1. The number of nitrogens with one attached hydrogen (secondary N) is 4. The van der Waals surface area contributed by atoms with Gasteiger partial charge in [0, 0.05) is 33.5 Å². The van der Waals surface area contributed by atoms with E-state index < -0.39 is 102 Å². The van der Waals surface area contributed by atoms with Gasteiger partial charge in [-0.05, 0) is 143 Å². The summed E-state index contributed by atoms with van der Waals surface area (Å²) in [5.41, 5.74) is 0.925. The average Bonchev–Trinajstić information content (AvgIpc) is 0.806. The van der Waals surface area contributed by atoms with Gasteiger partial charge in [-0.25, -0.2) is 0 Å². The molecule has 10 rings (SSSR count). The SMILES string of the molecule is O=S(=O)(O)c1cc(S(=O)(=O)O)c2cc(/N=N/c3ccc(Nc4nc(O)nc(Nc5ccc(/C=C/c6ccc(Nc7nc(O)nc(Nc8ccc(/N=N/c9ccc%10cc(S(=O)(=O)O)cc(S(=O)(=O)O)c%10c9)cc8)n7)cc6S(=O)(=O)O)c(S(=O)(=O)O)c5)n4)cc3)ccc2c1. The summed E-state index contributed by atoms with van der Waals surface area (Å²) in [6.07, 6.45) is 2.23. The van der Waals surface area contributed by atoms with E-state index in [1.807, 2.05) is 0 Å². The summed E-state index contributed by atoms with van der Waals surface area (Å²) >= 11 is 0. The summed E-state index contributed by atoms with van der Waals surface area (Å²) in [6, 6.07) is 28.3. The van der Waals surface area contributed by atoms with Crippen LogP contribution in [-0.4, -0.2) is 118 Å². The van der Waals surface area contributed by atoms with E-state index in [9.17, 15) is 88.0 Å². The van der Waals surface area contributed by atoms with Crippen molar-refractivity contribution in [3.8, 4) is 12.0 Å². The second-order valence-electron chi connectivity index (χ2n) is 18.9. The first-order valence-corrected chi connectivity index (χ1v) is 33.7. The fourth-order valence-electron chi connectivity index (χ4n) is 8.47. The summed E-state index contributed by atoms with van der Waals surface area (Å²) in [5, 5.41) is 48.0. The van der Waals surface area contributed by atoms with Gasteiger partial charge in [0.25, 0.3) is 60.7 Å². The molecule has 2 heterocycles. The van der Waals surface area contributed by atoms with Gasteiger partial charge in [0.05, 0.1) is 32.5 Å². The number of anilines is 8. The molecule has 92 heavy (non-hydrogen) atoms. The molecule has 40 heteroatoms. The monoisotopic (exact) mass is 1370 g/mol. The Morgan fingerprint density at radius 1 is 0.304 bits per heavy atom. The van der Waals surface area contributed by atoms with Gasteiger partial charge < -0.3 is 31.5 Å². The van der Waals surface area contributed by atoms with E-state index in [2.05, 4.69) is 71.6 Å². The standard InChI is InChI=1S/C52H38N14O20S6/c67-51-59-47(53-31-11-15-33(16-12-31)63-65-37-9-5-29-19-39(87(69,70)71)25-45(41(29)21-37)91(81,82)83)57-49(61-51)55-35-7-3-27(43(23-35)89(75,76)77)1-2-28-4-8-36(24-44(28)90(78,79)80)56-50-58-48(60-52(68)62-50)54-32-13-17-34(18-14-32)64-66-38-10-6-30-20-40(88(72,73)74)26-46(42(30)22-38)92(84,85)86/h1-26H,(H,69,70,71)(H,72,73,74)(H,75,76,77)(H,78,79,80)(H,81,82,83)(H,84,85,86)(H3,53,55,57,59,61,67)(H3,54,56,58,60,62,68)/b2-1+,65-63+,66-64+. The minimum atomic E-state index is -5.04. The molecular formula is C52H38N14O20S6. The molecule has 0 unspecified atom stereocenters. The highest BCUT2D eigenvalue weighted by atomic mass is 32.2. The highest BCUT2D eigenvalue weighted by Crippen LogP contribution is 2.35. The van der Waals surface area contributed by atoms with E-state index in [1.165, 1.54) is 109 Å². The largest absolute Gasteiger partial charge is 0.479 e. The Morgan fingerprint density at radius 3 is 0.913 bits per heavy atom. The molecule has 472 valence electrons. The third-order valence-electron chi connectivity index (χ3n) is 12.5. The second-order valence-corrected chi connectivity index (χ2v) is 27.3. The van der Waals surface area contributed by atoms with Gasteiger partial charge in [-0.1, -0.05) is 36.4 Å². The van der Waals surface area contributed by atoms with Crippen molar-refractivity contribution in [2.75, 3.05) is 21.3 Å². The quantitative estimate of drug-likeness (QED) is 0.0192. The lowest BCUT2D eigenvalue weighted by Crippen LogP contribution is -2.06. The molecular weight excluding hydrogens is 1330 g/mol. The smallest absolute Gasteiger partial charge is 0.320 e. The Labute approximate surface area is 518 Å². The van der Waals surface area contributed by atoms with Crippen molar-refractivity contribution in [1.82, 2.24) is 29.9 Å². The number of aromatic hydroxyl groups is 2. The maximum absolute atomic E-state index is 12.7. The number of hydrogen-bond acceptors (Lipinski definition) is 28. The average molecular weight is 1370 g/mol. The van der Waals surface area contributed by atoms with Crippen LogP contribution in [0.1, 0.15) is 11.1 Å². The van der Waals surface area contributed by atoms with Gasteiger partial charge in [0.1, 0.15) is 19.6 Å². The predicted octanol–water partition coefficient (Wildman–Crippen LogP) is 9.23. The lowest BCUT2D eigenvalue weighted by Gasteiger charge is -2.11. The predicted molar refractivity (Wildman–Crippen MR) is 326 cm³/mol. The molecule has 0 bridgehead atoms. The zero-order valence-electron chi connectivity index (χ0n) is 45.4. The number of fused-ring (bicyclic) bond motifs is 2. The van der Waals surface area contributed by atoms with Crippen LogP contribution in [0.4, 0.5) is 69.3 Å². The Kier molecular flexibility index (Phi) is 17.3. The van der Waals surface area contributed by atoms with Crippen molar-refractivity contribution in [3.05, 3.63) is 157 Å². The minimum Gasteiger partial charge on any atom is -0.479 e. The van der Waals surface area contributed by atoms with Gasteiger partial charge >= 0.3 is 12.0 Å². The molecule has 0 amide bonds. The number of rotatable bonds is 20. The lowest BCUT2D eigenvalue weighted by molar-refractivity contribution is 0.429. The molecule has 12 N–H and O–H groups in total. The summed E-state index contributed by atoms with van der Waals surface area (Å²) < 4.78 is 205. The van der Waals surface area contributed by atoms with Gasteiger partial charge in [-0.15, -0.1) is 0 Å². The van der Waals surface area contributed by atoms with Crippen molar-refractivity contribution >= 4 is 164 Å². The molecule has 0 saturated heterocycles. The van der Waals surface area contributed by atoms with Crippen LogP contribution in [0.5, 0.6) is 12.0 Å². The van der Waals surface area contributed by atoms with Crippen molar-refractivity contribution < 1.29 is 88.0 Å². The molecule has 0 aliphatic rings. The number of hydrogen-bond donors (Lipinski definition) is 12. The number of aromatic nitrogens is 6. The van der Waals surface area contributed by atoms with Crippen LogP contribution in [0.25, 0.3) is 33.7 Å². The van der Waals surface area contributed by atoms with Crippen LogP contribution < -0.4 is 21.3 Å². The van der Waals surface area contributed by atoms with E-state index in [4.69, 9.17) is 0 Å². The molecule has 0 saturated carbocycles. The van der Waals surface area contributed by atoms with E-state index in [0.29, 0.717) is 23.5 Å². The normalized spacial score (nSPS) is 12.7. The van der Waals surface area contributed by atoms with Crippen LogP contribution in [-0.2, 0) is 60.7 Å². The highest BCUT2D eigenvalue weighted by molar-refractivity contribution is 7.87. The maximum atomic E-state index is 12.7. The van der Waals surface area contributed by atoms with E-state index in [-0.39, 0.29) is 90.6 Å². The molecule has 0 radical (unpaired) electrons. The van der Waals surface area contributed by atoms with Crippen LogP contribution >= 0.6 is 0 Å². The first-order chi connectivity index (χ1) is 43.1. The molecule has 10 aromatic rings. The summed E-state index contributed by atoms with van der Waals surface area (Å²) in [7, 11) is -29.7. The van der Waals surface area contributed by atoms with Gasteiger partial charge in [-0.3, -0.25) is 27.3 Å². The van der Waals surface area contributed by atoms with Crippen LogP contribution in [0, 0.1) is 0 Å². The first kappa shape index (κ1) is 64.5. The summed E-state index contributed by atoms with van der Waals surface area (Å²) in [6.45, 7) is 0. The number of nitrogens with zero attached hydrogens (tertiary/aromatic N) is 10. The molecule has 0 fully saturated rings. The molecule has 34 nitrogen and oxygen atoms in total. The number of azo groups is 2. The van der Waals surface area contributed by atoms with E-state index >= 15 is 0 Å². The number of benzene rings is 8. The topological polar surface area (TPSA) is 542 Å². The highest BCUT2D eigenvalue weighted by Gasteiger charge is 2.24. The molecule has 0 spiro atoms. The van der Waals surface area contributed by atoms with Crippen molar-refractivity contribution in [1.29, 1.82) is 0 Å². The van der Waals surface area contributed by atoms with Crippen molar-refractivity contribution in [2.45, 2.75) is 29.4 Å². The third kappa shape index (κ3) is 15.7. The maximum Gasteiger partial charge on any atom is 0.320 e. The Hall–Kier alpha value is -10.5. The third-order valence-corrected chi connectivity index (χ3v) is 17.8. The van der Waals surface area contributed by atoms with E-state index in [0.717, 1.165) is 36.4 Å². The van der Waals surface area contributed by atoms with Gasteiger partial charge in [-0.2, -0.15) is 101 Å². The Bertz CT molecular complexity index is 5160. The van der Waals surface area contributed by atoms with Gasteiger partial charge in [0.2, 0.25) is 23.8 Å². The molecule has 0 aliphatic carbocycles. The van der Waals surface area contributed by atoms with Crippen molar-refractivity contribution in [3.63, 3.8) is 0 Å². The van der Waals surface area contributed by atoms with Crippen LogP contribution in [0.3, 0.4) is 0 Å². The summed E-state index contributed by atoms with van der Waals surface area (Å²) in [4.78, 5) is 19.1. The van der Waals surface area contributed by atoms with Crippen LogP contribution in [0.2, 0.25) is 0 Å². The Morgan fingerprint density at radius 2 is 0.598 bits per heavy atom. The fourth-order valence-corrected chi connectivity index (χ4v) is 12.6. The van der Waals surface area contributed by atoms with Crippen molar-refractivity contribution in [2.24, 2.45) is 20.5 Å². The fraction of sp³-hybridized carbons (Fsp3) is 0. The minimum absolute atomic E-state index is 0.0417. The molecule has 0 atom stereocenters. The zero-order valence-corrected chi connectivity index (χ0v) is 50.3.